The number of fused-ring (bicyclic) bond motifs is 1. The molecular weight excluding hydrogens is 456 g/mol. The molecule has 33 heavy (non-hydrogen) atoms. The molecule has 0 saturated carbocycles. The molecule has 2 aromatic heterocycles. The first-order valence-corrected chi connectivity index (χ1v) is 12.5. The molecule has 4 aromatic rings. The van der Waals surface area contributed by atoms with E-state index in [-0.39, 0.29) is 6.79 Å². The molecule has 5 rings (SSSR count). The second-order valence-corrected chi connectivity index (χ2v) is 9.77. The van der Waals surface area contributed by atoms with Crippen molar-refractivity contribution >= 4 is 23.1 Å². The summed E-state index contributed by atoms with van der Waals surface area (Å²) in [6.45, 7) is 5.00. The molecule has 0 amide bonds. The van der Waals surface area contributed by atoms with Gasteiger partial charge < -0.3 is 18.8 Å². The van der Waals surface area contributed by atoms with Crippen molar-refractivity contribution in [1.29, 1.82) is 0 Å². The number of hydrogen-bond acceptors (Lipinski definition) is 8. The van der Waals surface area contributed by atoms with E-state index in [0.29, 0.717) is 18.3 Å². The molecule has 0 N–H and O–H groups in total. The Morgan fingerprint density at radius 1 is 1.09 bits per heavy atom. The minimum Gasteiger partial charge on any atom is -0.486 e. The molecule has 9 heteroatoms. The summed E-state index contributed by atoms with van der Waals surface area (Å²) < 4.78 is 18.7. The van der Waals surface area contributed by atoms with Crippen LogP contribution in [0.2, 0.25) is 0 Å². The van der Waals surface area contributed by atoms with Gasteiger partial charge in [-0.15, -0.1) is 21.5 Å². The van der Waals surface area contributed by atoms with Crippen LogP contribution in [0.15, 0.2) is 53.0 Å². The van der Waals surface area contributed by atoms with Crippen LogP contribution in [0.25, 0.3) is 10.6 Å². The fraction of sp³-hybridized carbons (Fsp3) is 0.292. The van der Waals surface area contributed by atoms with Gasteiger partial charge in [-0.25, -0.2) is 4.98 Å². The van der Waals surface area contributed by atoms with Crippen LogP contribution in [-0.4, -0.2) is 26.5 Å². The summed E-state index contributed by atoms with van der Waals surface area (Å²) in [5.74, 6) is 4.37. The van der Waals surface area contributed by atoms with Crippen LogP contribution in [0, 0.1) is 0 Å². The minimum absolute atomic E-state index is 0.272. The molecule has 0 saturated heterocycles. The molecule has 1 aliphatic rings. The summed E-state index contributed by atoms with van der Waals surface area (Å²) >= 11 is 3.23. The van der Waals surface area contributed by atoms with E-state index in [1.807, 2.05) is 41.9 Å². The van der Waals surface area contributed by atoms with E-state index in [9.17, 15) is 0 Å². The lowest BCUT2D eigenvalue weighted by Crippen LogP contribution is -2.04. The average molecular weight is 481 g/mol. The molecule has 0 atom stereocenters. The van der Waals surface area contributed by atoms with E-state index in [1.165, 1.54) is 5.56 Å². The van der Waals surface area contributed by atoms with Gasteiger partial charge in [-0.1, -0.05) is 37.7 Å². The third kappa shape index (κ3) is 4.84. The van der Waals surface area contributed by atoms with Crippen LogP contribution < -0.4 is 14.2 Å². The van der Waals surface area contributed by atoms with Crippen LogP contribution in [0.3, 0.4) is 0 Å². The number of ether oxygens (including phenoxy) is 3. The van der Waals surface area contributed by atoms with Gasteiger partial charge in [0, 0.05) is 23.7 Å². The SMILES string of the molecule is CC(C)c1ccc(OCc2nnc(SCc3csc(-c4ccc5c(c4)OCO5)n3)n2C)cc1. The average Bonchev–Trinajstić information content (AvgIpc) is 3.56. The third-order valence-corrected chi connectivity index (χ3v) is 7.35. The number of thioether (sulfide) groups is 1. The second-order valence-electron chi connectivity index (χ2n) is 7.97. The number of rotatable bonds is 8. The lowest BCUT2D eigenvalue weighted by atomic mass is 10.0. The van der Waals surface area contributed by atoms with Gasteiger partial charge in [-0.05, 0) is 41.8 Å². The Bertz CT molecular complexity index is 1250. The smallest absolute Gasteiger partial charge is 0.231 e. The second kappa shape index (κ2) is 9.44. The molecule has 0 spiro atoms. The Balaban J connectivity index is 1.18. The maximum Gasteiger partial charge on any atom is 0.231 e. The van der Waals surface area contributed by atoms with Gasteiger partial charge in [-0.2, -0.15) is 0 Å². The third-order valence-electron chi connectivity index (χ3n) is 5.36. The zero-order valence-corrected chi connectivity index (χ0v) is 20.3. The van der Waals surface area contributed by atoms with E-state index in [1.54, 1.807) is 23.1 Å². The molecular formula is C24H24N4O3S2. The van der Waals surface area contributed by atoms with E-state index in [0.717, 1.165) is 44.5 Å². The molecule has 170 valence electrons. The van der Waals surface area contributed by atoms with Gasteiger partial charge in [0.2, 0.25) is 6.79 Å². The topological polar surface area (TPSA) is 71.3 Å². The lowest BCUT2D eigenvalue weighted by molar-refractivity contribution is 0.174. The van der Waals surface area contributed by atoms with Crippen molar-refractivity contribution in [2.45, 2.75) is 37.3 Å². The van der Waals surface area contributed by atoms with Gasteiger partial charge in [0.15, 0.2) is 22.5 Å². The number of benzene rings is 2. The molecule has 7 nitrogen and oxygen atoms in total. The molecule has 0 radical (unpaired) electrons. The molecule has 3 heterocycles. The first-order valence-electron chi connectivity index (χ1n) is 10.6. The molecule has 0 aliphatic carbocycles. The van der Waals surface area contributed by atoms with E-state index < -0.39 is 0 Å². The zero-order valence-electron chi connectivity index (χ0n) is 18.6. The van der Waals surface area contributed by atoms with Gasteiger partial charge in [0.05, 0.1) is 5.69 Å². The molecule has 2 aromatic carbocycles. The highest BCUT2D eigenvalue weighted by atomic mass is 32.2. The minimum atomic E-state index is 0.272. The predicted molar refractivity (Wildman–Crippen MR) is 129 cm³/mol. The largest absolute Gasteiger partial charge is 0.486 e. The summed E-state index contributed by atoms with van der Waals surface area (Å²) in [5, 5.41) is 12.5. The summed E-state index contributed by atoms with van der Waals surface area (Å²) in [6, 6.07) is 14.1. The van der Waals surface area contributed by atoms with Gasteiger partial charge >= 0.3 is 0 Å². The van der Waals surface area contributed by atoms with Crippen molar-refractivity contribution in [2.75, 3.05) is 6.79 Å². The predicted octanol–water partition coefficient (Wildman–Crippen LogP) is 5.66. The van der Waals surface area contributed by atoms with Crippen molar-refractivity contribution in [2.24, 2.45) is 7.05 Å². The Hall–Kier alpha value is -3.04. The molecule has 0 bridgehead atoms. The Morgan fingerprint density at radius 2 is 1.91 bits per heavy atom. The Kier molecular flexibility index (Phi) is 6.24. The Morgan fingerprint density at radius 3 is 2.73 bits per heavy atom. The standard InChI is InChI=1S/C24H24N4O3S2/c1-15(2)16-4-7-19(8-5-16)29-11-22-26-27-24(28(22)3)33-13-18-12-32-23(25-18)17-6-9-20-21(10-17)31-14-30-20/h4-10,12,15H,11,13-14H2,1-3H3. The van der Waals surface area contributed by atoms with Crippen molar-refractivity contribution in [3.8, 4) is 27.8 Å². The van der Waals surface area contributed by atoms with Crippen molar-refractivity contribution < 1.29 is 14.2 Å². The highest BCUT2D eigenvalue weighted by Gasteiger charge is 2.16. The molecule has 0 unspecified atom stereocenters. The van der Waals surface area contributed by atoms with Crippen LogP contribution in [0.1, 0.15) is 36.8 Å². The molecule has 0 fully saturated rings. The summed E-state index contributed by atoms with van der Waals surface area (Å²) in [5.41, 5.74) is 3.33. The number of thiazole rings is 1. The lowest BCUT2D eigenvalue weighted by Gasteiger charge is -2.09. The normalized spacial score (nSPS) is 12.5. The highest BCUT2D eigenvalue weighted by Crippen LogP contribution is 2.37. The van der Waals surface area contributed by atoms with Gasteiger partial charge in [0.25, 0.3) is 0 Å². The van der Waals surface area contributed by atoms with Crippen LogP contribution in [0.5, 0.6) is 17.2 Å². The van der Waals surface area contributed by atoms with Gasteiger partial charge in [-0.3, -0.25) is 0 Å². The van der Waals surface area contributed by atoms with E-state index in [2.05, 4.69) is 41.6 Å². The van der Waals surface area contributed by atoms with Crippen LogP contribution in [-0.2, 0) is 19.4 Å². The quantitative estimate of drug-likeness (QED) is 0.301. The fourth-order valence-electron chi connectivity index (χ4n) is 3.37. The van der Waals surface area contributed by atoms with Gasteiger partial charge in [0.1, 0.15) is 17.4 Å². The van der Waals surface area contributed by atoms with Crippen molar-refractivity contribution in [1.82, 2.24) is 19.7 Å². The zero-order chi connectivity index (χ0) is 22.8. The maximum atomic E-state index is 5.91. The van der Waals surface area contributed by atoms with Crippen LogP contribution in [0.4, 0.5) is 0 Å². The molecule has 1 aliphatic heterocycles. The Labute approximate surface area is 200 Å². The first-order chi connectivity index (χ1) is 16.1. The van der Waals surface area contributed by atoms with E-state index in [4.69, 9.17) is 19.2 Å². The first kappa shape index (κ1) is 21.8. The summed E-state index contributed by atoms with van der Waals surface area (Å²) in [7, 11) is 1.96. The number of aromatic nitrogens is 4. The fourth-order valence-corrected chi connectivity index (χ4v) is 5.11. The number of hydrogen-bond donors (Lipinski definition) is 0. The maximum absolute atomic E-state index is 5.91. The monoisotopic (exact) mass is 480 g/mol. The van der Waals surface area contributed by atoms with Crippen LogP contribution >= 0.6 is 23.1 Å². The van der Waals surface area contributed by atoms with Crippen molar-refractivity contribution in [3.05, 3.63) is 64.9 Å². The van der Waals surface area contributed by atoms with Crippen molar-refractivity contribution in [3.63, 3.8) is 0 Å². The highest BCUT2D eigenvalue weighted by molar-refractivity contribution is 7.98. The number of nitrogens with zero attached hydrogens (tertiary/aromatic N) is 4. The van der Waals surface area contributed by atoms with E-state index >= 15 is 0 Å². The summed E-state index contributed by atoms with van der Waals surface area (Å²) in [6.07, 6.45) is 0. The summed E-state index contributed by atoms with van der Waals surface area (Å²) in [4.78, 5) is 4.77.